The zero-order valence-corrected chi connectivity index (χ0v) is 27.3. The summed E-state index contributed by atoms with van der Waals surface area (Å²) in [4.78, 5) is 12.0. The van der Waals surface area contributed by atoms with Crippen LogP contribution in [0.3, 0.4) is 0 Å². The van der Waals surface area contributed by atoms with E-state index in [1.165, 1.54) is 7.11 Å². The van der Waals surface area contributed by atoms with Crippen LogP contribution in [0.2, 0.25) is 5.04 Å². The number of rotatable bonds is 15. The van der Waals surface area contributed by atoms with Crippen molar-refractivity contribution in [2.75, 3.05) is 27.9 Å². The summed E-state index contributed by atoms with van der Waals surface area (Å²) < 4.78 is 28.9. The zero-order valence-electron chi connectivity index (χ0n) is 26.3. The van der Waals surface area contributed by atoms with Gasteiger partial charge in [0.1, 0.15) is 0 Å². The van der Waals surface area contributed by atoms with E-state index in [4.69, 9.17) is 18.6 Å². The molecule has 0 fully saturated rings. The van der Waals surface area contributed by atoms with Crippen LogP contribution in [0, 0.1) is 5.92 Å². The number of esters is 1. The lowest BCUT2D eigenvalue weighted by molar-refractivity contribution is -0.158. The number of carbonyl (C=O) groups excluding carboxylic acids is 1. The Morgan fingerprint density at radius 1 is 0.837 bits per heavy atom. The molecule has 0 aliphatic carbocycles. The van der Waals surface area contributed by atoms with Crippen LogP contribution in [0.1, 0.15) is 39.7 Å². The van der Waals surface area contributed by atoms with E-state index in [-0.39, 0.29) is 24.0 Å². The first kappa shape index (κ1) is 34.3. The zero-order chi connectivity index (χ0) is 31.6. The topological polar surface area (TPSA) is 104 Å². The molecule has 8 nitrogen and oxygen atoms in total. The van der Waals surface area contributed by atoms with Crippen molar-refractivity contribution >= 4 is 24.7 Å². The third-order valence-electron chi connectivity index (χ3n) is 7.81. The van der Waals surface area contributed by atoms with Gasteiger partial charge in [0.25, 0.3) is 8.32 Å². The quantitative estimate of drug-likeness (QED) is 0.196. The molecule has 234 valence electrons. The molecule has 0 spiro atoms. The maximum Gasteiger partial charge on any atom is 0.337 e. The molecule has 0 amide bonds. The van der Waals surface area contributed by atoms with E-state index >= 15 is 0 Å². The van der Waals surface area contributed by atoms with Crippen LogP contribution in [0.4, 0.5) is 0 Å². The van der Waals surface area contributed by atoms with Gasteiger partial charge in [-0.05, 0) is 33.1 Å². The Morgan fingerprint density at radius 2 is 1.40 bits per heavy atom. The SMILES string of the molecule is COC(=O)[C@H](O)[C@@H](O)C[C@@H](OCc1ccc(OC)c(OC)c1)[C@H](C)CO[Si](c1ccccc1)(c1ccccc1)C(C)(C)C. The van der Waals surface area contributed by atoms with Crippen molar-refractivity contribution in [2.24, 2.45) is 5.92 Å². The molecule has 0 saturated heterocycles. The summed E-state index contributed by atoms with van der Waals surface area (Å²) in [5.41, 5.74) is 0.839. The van der Waals surface area contributed by atoms with Crippen LogP contribution in [-0.4, -0.2) is 70.7 Å². The van der Waals surface area contributed by atoms with Gasteiger partial charge in [-0.3, -0.25) is 0 Å². The minimum absolute atomic E-state index is 0.00513. The Labute approximate surface area is 256 Å². The summed E-state index contributed by atoms with van der Waals surface area (Å²) in [5.74, 6) is 0.0551. The Kier molecular flexibility index (Phi) is 12.4. The molecule has 0 unspecified atom stereocenters. The van der Waals surface area contributed by atoms with Gasteiger partial charge in [0.15, 0.2) is 17.6 Å². The van der Waals surface area contributed by atoms with E-state index in [2.05, 4.69) is 49.8 Å². The molecule has 0 heterocycles. The summed E-state index contributed by atoms with van der Waals surface area (Å²) in [6.07, 6.45) is -3.66. The van der Waals surface area contributed by atoms with E-state index in [0.717, 1.165) is 15.9 Å². The Morgan fingerprint density at radius 3 is 1.88 bits per heavy atom. The third kappa shape index (κ3) is 8.25. The van der Waals surface area contributed by atoms with Crippen molar-refractivity contribution < 1.29 is 38.4 Å². The molecular formula is C34H46O8Si. The maximum absolute atomic E-state index is 12.0. The first-order chi connectivity index (χ1) is 20.5. The lowest BCUT2D eigenvalue weighted by Gasteiger charge is -2.44. The number of aliphatic hydroxyl groups is 2. The largest absolute Gasteiger partial charge is 0.493 e. The molecule has 9 heteroatoms. The molecule has 43 heavy (non-hydrogen) atoms. The fourth-order valence-corrected chi connectivity index (χ4v) is 10.1. The second-order valence-electron chi connectivity index (χ2n) is 11.8. The first-order valence-corrected chi connectivity index (χ1v) is 16.4. The van der Waals surface area contributed by atoms with Crippen molar-refractivity contribution in [2.45, 2.75) is 64.1 Å². The second-order valence-corrected chi connectivity index (χ2v) is 16.1. The standard InChI is InChI=1S/C34H46O8Si/c1-24(22-42-43(34(2,3)4,26-14-10-8-11-15-26)27-16-12-9-13-17-27)30(21-28(35)32(36)33(37)40-7)41-23-25-18-19-29(38-5)31(20-25)39-6/h8-20,24,28,30,32,35-36H,21-23H2,1-7H3/t24-,28+,30-,32-/m1/s1. The van der Waals surface area contributed by atoms with Gasteiger partial charge in [-0.25, -0.2) is 4.79 Å². The lowest BCUT2D eigenvalue weighted by Crippen LogP contribution is -2.67. The minimum atomic E-state index is -2.83. The summed E-state index contributed by atoms with van der Waals surface area (Å²) >= 11 is 0. The number of ether oxygens (including phenoxy) is 4. The van der Waals surface area contributed by atoms with Gasteiger partial charge in [-0.15, -0.1) is 0 Å². The summed E-state index contributed by atoms with van der Waals surface area (Å²) in [7, 11) is 1.49. The second kappa shape index (κ2) is 15.5. The van der Waals surface area contributed by atoms with Gasteiger partial charge in [0, 0.05) is 18.9 Å². The monoisotopic (exact) mass is 610 g/mol. The molecule has 2 N–H and O–H groups in total. The van der Waals surface area contributed by atoms with Crippen LogP contribution in [0.15, 0.2) is 78.9 Å². The number of hydrogen-bond donors (Lipinski definition) is 2. The molecule has 3 aromatic carbocycles. The van der Waals surface area contributed by atoms with Gasteiger partial charge in [0.2, 0.25) is 0 Å². The molecule has 0 radical (unpaired) electrons. The van der Waals surface area contributed by atoms with Crippen LogP contribution >= 0.6 is 0 Å². The summed E-state index contributed by atoms with van der Waals surface area (Å²) in [5, 5.41) is 23.3. The average molecular weight is 611 g/mol. The van der Waals surface area contributed by atoms with Crippen molar-refractivity contribution in [1.82, 2.24) is 0 Å². The molecule has 0 aromatic heterocycles. The number of carbonyl (C=O) groups is 1. The highest BCUT2D eigenvalue weighted by Gasteiger charge is 2.50. The predicted molar refractivity (Wildman–Crippen MR) is 170 cm³/mol. The van der Waals surface area contributed by atoms with Gasteiger partial charge in [-0.2, -0.15) is 0 Å². The van der Waals surface area contributed by atoms with Crippen molar-refractivity contribution in [1.29, 1.82) is 0 Å². The minimum Gasteiger partial charge on any atom is -0.493 e. The summed E-state index contributed by atoms with van der Waals surface area (Å²) in [6.45, 7) is 9.16. The number of benzene rings is 3. The van der Waals surface area contributed by atoms with E-state index in [0.29, 0.717) is 18.1 Å². The predicted octanol–water partition coefficient (Wildman–Crippen LogP) is 4.09. The Bertz CT molecular complexity index is 1240. The highest BCUT2D eigenvalue weighted by Crippen LogP contribution is 2.37. The molecule has 4 atom stereocenters. The number of aliphatic hydroxyl groups excluding tert-OH is 2. The van der Waals surface area contributed by atoms with E-state index in [1.54, 1.807) is 20.3 Å². The van der Waals surface area contributed by atoms with Crippen LogP contribution in [-0.2, 0) is 25.3 Å². The molecule has 3 aromatic rings. The number of methoxy groups -OCH3 is 3. The third-order valence-corrected chi connectivity index (χ3v) is 12.8. The van der Waals surface area contributed by atoms with E-state index in [1.807, 2.05) is 55.5 Å². The average Bonchev–Trinajstić information content (AvgIpc) is 3.02. The fourth-order valence-electron chi connectivity index (χ4n) is 5.41. The van der Waals surface area contributed by atoms with Crippen molar-refractivity contribution in [3.63, 3.8) is 0 Å². The normalized spacial score (nSPS) is 14.8. The molecular weight excluding hydrogens is 564 g/mol. The lowest BCUT2D eigenvalue weighted by atomic mass is 9.97. The smallest absolute Gasteiger partial charge is 0.337 e. The fraction of sp³-hybridized carbons (Fsp3) is 0.441. The molecule has 0 aliphatic rings. The highest BCUT2D eigenvalue weighted by atomic mass is 28.4. The van der Waals surface area contributed by atoms with Gasteiger partial charge in [-0.1, -0.05) is 94.4 Å². The van der Waals surface area contributed by atoms with Crippen molar-refractivity contribution in [3.8, 4) is 11.5 Å². The van der Waals surface area contributed by atoms with Crippen molar-refractivity contribution in [3.05, 3.63) is 84.4 Å². The molecule has 0 bridgehead atoms. The number of hydrogen-bond acceptors (Lipinski definition) is 8. The van der Waals surface area contributed by atoms with Gasteiger partial charge >= 0.3 is 5.97 Å². The molecule has 0 saturated carbocycles. The Hall–Kier alpha value is -3.21. The molecule has 3 rings (SSSR count). The molecule has 0 aliphatic heterocycles. The Balaban J connectivity index is 1.93. The highest BCUT2D eigenvalue weighted by molar-refractivity contribution is 6.99. The van der Waals surface area contributed by atoms with Gasteiger partial charge in [0.05, 0.1) is 40.1 Å². The summed E-state index contributed by atoms with van der Waals surface area (Å²) in [6, 6.07) is 26.2. The first-order valence-electron chi connectivity index (χ1n) is 14.5. The van der Waals surface area contributed by atoms with Crippen LogP contribution in [0.5, 0.6) is 11.5 Å². The van der Waals surface area contributed by atoms with E-state index in [9.17, 15) is 15.0 Å². The van der Waals surface area contributed by atoms with Crippen LogP contribution in [0.25, 0.3) is 0 Å². The van der Waals surface area contributed by atoms with Crippen LogP contribution < -0.4 is 19.8 Å². The van der Waals surface area contributed by atoms with E-state index < -0.39 is 32.6 Å². The van der Waals surface area contributed by atoms with Gasteiger partial charge < -0.3 is 33.6 Å². The maximum atomic E-state index is 12.0.